The van der Waals surface area contributed by atoms with Crippen LogP contribution in [0.25, 0.3) is 0 Å². The van der Waals surface area contributed by atoms with Gasteiger partial charge in [-0.3, -0.25) is 0 Å². The van der Waals surface area contributed by atoms with E-state index >= 15 is 0 Å². The van der Waals surface area contributed by atoms with Crippen molar-refractivity contribution in [1.29, 1.82) is 0 Å². The summed E-state index contributed by atoms with van der Waals surface area (Å²) in [5.74, 6) is 1.97. The lowest BCUT2D eigenvalue weighted by atomic mass is 9.99. The zero-order chi connectivity index (χ0) is 19.7. The van der Waals surface area contributed by atoms with Gasteiger partial charge in [0.2, 0.25) is 10.0 Å². The normalized spacial score (nSPS) is 20.3. The topological polar surface area (TPSA) is 86.6 Å². The van der Waals surface area contributed by atoms with Gasteiger partial charge in [-0.1, -0.05) is 11.8 Å². The Morgan fingerprint density at radius 2 is 2.00 bits per heavy atom. The molecule has 4 rings (SSSR count). The third-order valence-corrected chi connectivity index (χ3v) is 7.67. The van der Waals surface area contributed by atoms with Gasteiger partial charge in [-0.05, 0) is 38.2 Å². The molecule has 0 unspecified atom stereocenters. The molecule has 2 aromatic rings. The molecule has 1 atom stereocenters. The zero-order valence-electron chi connectivity index (χ0n) is 16.0. The van der Waals surface area contributed by atoms with Crippen LogP contribution in [0.5, 0.6) is 11.5 Å². The second-order valence-corrected chi connectivity index (χ2v) is 9.51. The largest absolute Gasteiger partial charge is 0.486 e. The SMILES string of the molecule is CCn1c(SC)nnc1[C@@H]1CCCN(S(=O)(=O)c2ccc3c(c2)OCCO3)C1. The van der Waals surface area contributed by atoms with Crippen LogP contribution >= 0.6 is 11.8 Å². The van der Waals surface area contributed by atoms with Crippen molar-refractivity contribution in [2.75, 3.05) is 32.6 Å². The Morgan fingerprint density at radius 3 is 2.75 bits per heavy atom. The summed E-state index contributed by atoms with van der Waals surface area (Å²) < 4.78 is 41.2. The number of ether oxygens (including phenoxy) is 2. The first-order chi connectivity index (χ1) is 13.5. The molecule has 152 valence electrons. The Morgan fingerprint density at radius 1 is 1.21 bits per heavy atom. The quantitative estimate of drug-likeness (QED) is 0.681. The number of benzene rings is 1. The van der Waals surface area contributed by atoms with E-state index in [0.29, 0.717) is 37.8 Å². The first-order valence-corrected chi connectivity index (χ1v) is 12.1. The smallest absolute Gasteiger partial charge is 0.243 e. The van der Waals surface area contributed by atoms with Gasteiger partial charge in [0.15, 0.2) is 16.7 Å². The van der Waals surface area contributed by atoms with Gasteiger partial charge in [-0.2, -0.15) is 4.31 Å². The maximum absolute atomic E-state index is 13.2. The molecular weight excluding hydrogens is 400 g/mol. The maximum atomic E-state index is 13.2. The minimum atomic E-state index is -3.62. The van der Waals surface area contributed by atoms with Crippen LogP contribution in [-0.4, -0.2) is 60.0 Å². The number of fused-ring (bicyclic) bond motifs is 1. The lowest BCUT2D eigenvalue weighted by molar-refractivity contribution is 0.171. The molecule has 1 aromatic carbocycles. The van der Waals surface area contributed by atoms with Crippen LogP contribution < -0.4 is 9.47 Å². The number of piperidine rings is 1. The Kier molecular flexibility index (Phi) is 5.52. The van der Waals surface area contributed by atoms with E-state index in [-0.39, 0.29) is 10.8 Å². The molecule has 0 N–H and O–H groups in total. The van der Waals surface area contributed by atoms with Crippen LogP contribution in [0, 0.1) is 0 Å². The molecular formula is C18H24N4O4S2. The number of nitrogens with zero attached hydrogens (tertiary/aromatic N) is 4. The lowest BCUT2D eigenvalue weighted by Gasteiger charge is -2.31. The van der Waals surface area contributed by atoms with Crippen LogP contribution in [0.3, 0.4) is 0 Å². The molecule has 0 radical (unpaired) electrons. The van der Waals surface area contributed by atoms with Crippen molar-refractivity contribution in [2.45, 2.75) is 42.3 Å². The number of hydrogen-bond acceptors (Lipinski definition) is 7. The van der Waals surface area contributed by atoms with E-state index in [4.69, 9.17) is 9.47 Å². The Labute approximate surface area is 169 Å². The highest BCUT2D eigenvalue weighted by atomic mass is 32.2. The summed E-state index contributed by atoms with van der Waals surface area (Å²) >= 11 is 1.55. The van der Waals surface area contributed by atoms with Crippen LogP contribution in [0.4, 0.5) is 0 Å². The van der Waals surface area contributed by atoms with Gasteiger partial charge < -0.3 is 14.0 Å². The summed E-state index contributed by atoms with van der Waals surface area (Å²) in [5.41, 5.74) is 0. The third kappa shape index (κ3) is 3.48. The Hall–Kier alpha value is -1.78. The third-order valence-electron chi connectivity index (χ3n) is 5.14. The highest BCUT2D eigenvalue weighted by Crippen LogP contribution is 2.35. The molecule has 10 heteroatoms. The number of rotatable bonds is 5. The molecule has 0 bridgehead atoms. The molecule has 0 aliphatic carbocycles. The monoisotopic (exact) mass is 424 g/mol. The highest BCUT2D eigenvalue weighted by Gasteiger charge is 2.34. The van der Waals surface area contributed by atoms with E-state index < -0.39 is 10.0 Å². The molecule has 2 aliphatic rings. The van der Waals surface area contributed by atoms with Crippen molar-refractivity contribution in [3.63, 3.8) is 0 Å². The van der Waals surface area contributed by atoms with Gasteiger partial charge in [0.25, 0.3) is 0 Å². The summed E-state index contributed by atoms with van der Waals surface area (Å²) in [7, 11) is -3.62. The average Bonchev–Trinajstić information content (AvgIpc) is 3.16. The maximum Gasteiger partial charge on any atom is 0.243 e. The predicted molar refractivity (Wildman–Crippen MR) is 106 cm³/mol. The molecule has 0 amide bonds. The number of aromatic nitrogens is 3. The van der Waals surface area contributed by atoms with E-state index in [9.17, 15) is 8.42 Å². The van der Waals surface area contributed by atoms with Crippen LogP contribution in [0.1, 0.15) is 31.5 Å². The molecule has 2 aliphatic heterocycles. The second kappa shape index (κ2) is 7.92. The van der Waals surface area contributed by atoms with Gasteiger partial charge in [0.1, 0.15) is 19.0 Å². The number of sulfonamides is 1. The number of hydrogen-bond donors (Lipinski definition) is 0. The van der Waals surface area contributed by atoms with Gasteiger partial charge in [-0.15, -0.1) is 10.2 Å². The van der Waals surface area contributed by atoms with E-state index in [1.807, 2.05) is 6.26 Å². The summed E-state index contributed by atoms with van der Waals surface area (Å²) in [6, 6.07) is 4.82. The minimum Gasteiger partial charge on any atom is -0.486 e. The van der Waals surface area contributed by atoms with Gasteiger partial charge in [-0.25, -0.2) is 8.42 Å². The van der Waals surface area contributed by atoms with Gasteiger partial charge in [0, 0.05) is 31.6 Å². The predicted octanol–water partition coefficient (Wildman–Crippen LogP) is 2.36. The van der Waals surface area contributed by atoms with Crippen molar-refractivity contribution >= 4 is 21.8 Å². The number of thioether (sulfide) groups is 1. The van der Waals surface area contributed by atoms with Crippen molar-refractivity contribution in [1.82, 2.24) is 19.1 Å². The lowest BCUT2D eigenvalue weighted by Crippen LogP contribution is -2.39. The fraction of sp³-hybridized carbons (Fsp3) is 0.556. The van der Waals surface area contributed by atoms with E-state index in [2.05, 4.69) is 21.7 Å². The standard InChI is InChI=1S/C18H24N4O4S2/c1-3-22-17(19-20-18(22)27-2)13-5-4-8-21(12-13)28(23,24)14-6-7-15-16(11-14)26-10-9-25-15/h6-7,11,13H,3-5,8-10,12H2,1-2H3/t13-/m1/s1. The summed E-state index contributed by atoms with van der Waals surface area (Å²) in [6.07, 6.45) is 3.67. The molecule has 1 fully saturated rings. The highest BCUT2D eigenvalue weighted by molar-refractivity contribution is 7.98. The molecule has 28 heavy (non-hydrogen) atoms. The van der Waals surface area contributed by atoms with E-state index in [1.165, 1.54) is 0 Å². The average molecular weight is 425 g/mol. The fourth-order valence-electron chi connectivity index (χ4n) is 3.75. The van der Waals surface area contributed by atoms with Crippen molar-refractivity contribution < 1.29 is 17.9 Å². The minimum absolute atomic E-state index is 0.0362. The zero-order valence-corrected chi connectivity index (χ0v) is 17.6. The second-order valence-electron chi connectivity index (χ2n) is 6.80. The Bertz CT molecular complexity index is 960. The molecule has 1 aromatic heterocycles. The van der Waals surface area contributed by atoms with Crippen molar-refractivity contribution in [3.8, 4) is 11.5 Å². The van der Waals surface area contributed by atoms with Crippen molar-refractivity contribution in [2.24, 2.45) is 0 Å². The first-order valence-electron chi connectivity index (χ1n) is 9.41. The van der Waals surface area contributed by atoms with Crippen LogP contribution in [0.15, 0.2) is 28.3 Å². The van der Waals surface area contributed by atoms with Crippen LogP contribution in [-0.2, 0) is 16.6 Å². The van der Waals surface area contributed by atoms with E-state index in [1.54, 1.807) is 34.3 Å². The molecule has 0 saturated carbocycles. The van der Waals surface area contributed by atoms with E-state index in [0.717, 1.165) is 30.4 Å². The summed E-state index contributed by atoms with van der Waals surface area (Å²) in [4.78, 5) is 0.235. The molecule has 1 saturated heterocycles. The summed E-state index contributed by atoms with van der Waals surface area (Å²) in [5, 5.41) is 9.48. The van der Waals surface area contributed by atoms with Gasteiger partial charge >= 0.3 is 0 Å². The fourth-order valence-corrected chi connectivity index (χ4v) is 5.86. The van der Waals surface area contributed by atoms with Crippen LogP contribution in [0.2, 0.25) is 0 Å². The molecule has 0 spiro atoms. The van der Waals surface area contributed by atoms with Crippen molar-refractivity contribution in [3.05, 3.63) is 24.0 Å². The molecule has 3 heterocycles. The van der Waals surface area contributed by atoms with Gasteiger partial charge in [0.05, 0.1) is 4.90 Å². The summed E-state index contributed by atoms with van der Waals surface area (Å²) in [6.45, 7) is 4.63. The Balaban J connectivity index is 1.59. The first kappa shape index (κ1) is 19.5. The molecule has 8 nitrogen and oxygen atoms in total.